The van der Waals surface area contributed by atoms with Crippen LogP contribution < -0.4 is 9.23 Å². The molecule has 0 aliphatic carbocycles. The summed E-state index contributed by atoms with van der Waals surface area (Å²) in [6.07, 6.45) is 0.985. The zero-order valence-corrected chi connectivity index (χ0v) is 18.2. The summed E-state index contributed by atoms with van der Waals surface area (Å²) in [5.41, 5.74) is 1.52. The third-order valence-corrected chi connectivity index (χ3v) is 5.33. The van der Waals surface area contributed by atoms with Crippen LogP contribution in [-0.4, -0.2) is 85.8 Å². The third-order valence-electron chi connectivity index (χ3n) is 5.33. The van der Waals surface area contributed by atoms with Crippen molar-refractivity contribution in [2.45, 2.75) is 38.0 Å². The van der Waals surface area contributed by atoms with Gasteiger partial charge in [-0.15, -0.1) is 0 Å². The minimum atomic E-state index is -4.19. The van der Waals surface area contributed by atoms with Gasteiger partial charge in [-0.25, -0.2) is 14.5 Å². The van der Waals surface area contributed by atoms with Crippen LogP contribution in [0.15, 0.2) is 22.5 Å². The van der Waals surface area contributed by atoms with Crippen molar-refractivity contribution < 1.29 is 53.5 Å². The van der Waals surface area contributed by atoms with E-state index in [4.69, 9.17) is 23.4 Å². The number of halogens is 1. The van der Waals surface area contributed by atoms with E-state index in [1.807, 2.05) is 29.6 Å². The average molecular weight is 489 g/mol. The Morgan fingerprint density at radius 3 is 2.61 bits per heavy atom. The Balaban J connectivity index is 0.000000471. The van der Waals surface area contributed by atoms with Crippen molar-refractivity contribution in [1.29, 1.82) is 0 Å². The first-order chi connectivity index (χ1) is 15.5. The van der Waals surface area contributed by atoms with E-state index in [-0.39, 0.29) is 0 Å². The molecule has 0 aromatic carbocycles. The van der Waals surface area contributed by atoms with Crippen molar-refractivity contribution in [2.24, 2.45) is 17.0 Å². The third kappa shape index (κ3) is 4.58. The van der Waals surface area contributed by atoms with Gasteiger partial charge in [-0.2, -0.15) is 4.99 Å². The molecule has 1 fully saturated rings. The van der Waals surface area contributed by atoms with Crippen molar-refractivity contribution in [2.75, 3.05) is 6.61 Å². The van der Waals surface area contributed by atoms with Crippen LogP contribution in [0.3, 0.4) is 0 Å². The number of nitrogens with zero attached hydrogens (tertiary/aromatic N) is 7. The van der Waals surface area contributed by atoms with Crippen LogP contribution in [-0.2, 0) is 18.3 Å². The number of ether oxygens (including phenoxy) is 1. The molecule has 6 N–H and O–H groups in total. The molecule has 16 heteroatoms. The molecule has 33 heavy (non-hydrogen) atoms. The Morgan fingerprint density at radius 2 is 1.97 bits per heavy atom. The number of fused-ring (bicyclic) bond motifs is 4. The van der Waals surface area contributed by atoms with Crippen LogP contribution in [0.25, 0.3) is 0 Å². The van der Waals surface area contributed by atoms with E-state index in [1.54, 1.807) is 10.9 Å². The monoisotopic (exact) mass is 488 g/mol. The Morgan fingerprint density at radius 1 is 1.27 bits per heavy atom. The number of aromatic nitrogens is 4. The normalized spacial score (nSPS) is 26.1. The van der Waals surface area contributed by atoms with Crippen molar-refractivity contribution in [3.63, 3.8) is 0 Å². The van der Waals surface area contributed by atoms with Gasteiger partial charge in [-0.1, -0.05) is 0 Å². The summed E-state index contributed by atoms with van der Waals surface area (Å²) in [6, 6.07) is 0. The van der Waals surface area contributed by atoms with Gasteiger partial charge in [0.15, 0.2) is 23.6 Å². The maximum absolute atomic E-state index is 10.3. The van der Waals surface area contributed by atoms with E-state index in [2.05, 4.69) is 20.0 Å². The molecule has 5 rings (SSSR count). The quantitative estimate of drug-likeness (QED) is 0.222. The average Bonchev–Trinajstić information content (AvgIpc) is 3.28. The second-order valence-corrected chi connectivity index (χ2v) is 8.41. The van der Waals surface area contributed by atoms with Crippen molar-refractivity contribution >= 4 is 23.8 Å². The van der Waals surface area contributed by atoms with Gasteiger partial charge in [0.05, 0.1) is 38.4 Å². The molecule has 5 heterocycles. The number of hydrogen-bond acceptors (Lipinski definition) is 13. The van der Waals surface area contributed by atoms with Crippen LogP contribution in [0.2, 0.25) is 0 Å². The summed E-state index contributed by atoms with van der Waals surface area (Å²) in [5.74, 6) is 2.57. The minimum absolute atomic E-state index is 0.394. The molecule has 0 amide bonds. The topological polar surface area (TPSA) is 216 Å². The van der Waals surface area contributed by atoms with Gasteiger partial charge in [0, 0.05) is 6.92 Å². The molecule has 0 saturated carbocycles. The summed E-state index contributed by atoms with van der Waals surface area (Å²) in [5, 5.41) is 29.7. The molecule has 0 radical (unpaired) electrons. The van der Waals surface area contributed by atoms with E-state index in [9.17, 15) is 15.3 Å². The predicted octanol–water partition coefficient (Wildman–Crippen LogP) is -4.27. The molecule has 15 nitrogen and oxygen atoms in total. The fraction of sp³-hybridized carbons (Fsp3) is 0.471. The number of aliphatic hydroxyl groups is 3. The first-order valence-electron chi connectivity index (χ1n) is 9.59. The van der Waals surface area contributed by atoms with Crippen LogP contribution >= 0.6 is 0 Å². The molecule has 1 saturated heterocycles. The van der Waals surface area contributed by atoms with Gasteiger partial charge in [-0.3, -0.25) is 4.57 Å². The molecule has 2 aromatic heterocycles. The summed E-state index contributed by atoms with van der Waals surface area (Å²) in [7, 11) is -2.26. The molecule has 0 bridgehead atoms. The predicted molar refractivity (Wildman–Crippen MR) is 102 cm³/mol. The van der Waals surface area contributed by atoms with Crippen LogP contribution in [0, 0.1) is 17.2 Å². The zero-order chi connectivity index (χ0) is 24.1. The molecule has 3 aliphatic rings. The molecule has 3 aliphatic heterocycles. The fourth-order valence-corrected chi connectivity index (χ4v) is 3.67. The molecule has 180 valence electrons. The SMILES string of the molecule is Cc1nc2c(c[n+]1C)CN1C=Nc3c(ncn3C3OC(CO)C(O)C3O)C1=N2.[O-][Cl+](O)(O)O. The maximum atomic E-state index is 10.3. The Labute approximate surface area is 188 Å². The second-order valence-electron chi connectivity index (χ2n) is 7.54. The van der Waals surface area contributed by atoms with Crippen molar-refractivity contribution in [3.8, 4) is 0 Å². The summed E-state index contributed by atoms with van der Waals surface area (Å²) in [6.45, 7) is 2.09. The summed E-state index contributed by atoms with van der Waals surface area (Å²) < 4.78 is 39.3. The van der Waals surface area contributed by atoms with Crippen LogP contribution in [0.4, 0.5) is 11.6 Å². The number of aliphatic imine (C=N–C) groups is 2. The first kappa shape index (κ1) is 23.6. The first-order valence-corrected chi connectivity index (χ1v) is 10.9. The number of amidine groups is 1. The van der Waals surface area contributed by atoms with E-state index in [0.29, 0.717) is 29.7 Å². The Bertz CT molecular complexity index is 1110. The number of imidazole rings is 1. The van der Waals surface area contributed by atoms with Crippen LogP contribution in [0.5, 0.6) is 0 Å². The summed E-state index contributed by atoms with van der Waals surface area (Å²) in [4.78, 5) is 20.0. The standard InChI is InChI=1S/C17H20N7O4.ClH3O4/c1-8-20-14-9(3-22(8)2)4-23-6-19-15-11(16(23)21-14)18-7-24(15)17-13(27)12(26)10(5-25)28-17;2-1(3,4)5/h3,6-7,10,12-13,17,25-27H,4-5H2,1-2H3;2-4H/q+1;. The van der Waals surface area contributed by atoms with E-state index in [1.165, 1.54) is 6.33 Å². The van der Waals surface area contributed by atoms with Crippen LogP contribution in [0.1, 0.15) is 23.3 Å². The molecule has 4 atom stereocenters. The summed E-state index contributed by atoms with van der Waals surface area (Å²) >= 11 is 0. The number of aryl methyl sites for hydroxylation is 2. The zero-order valence-electron chi connectivity index (χ0n) is 17.5. The Hall–Kier alpha value is -2.60. The number of hydrogen-bond donors (Lipinski definition) is 6. The second kappa shape index (κ2) is 8.64. The van der Waals surface area contributed by atoms with E-state index in [0.717, 1.165) is 11.4 Å². The van der Waals surface area contributed by atoms with E-state index >= 15 is 0 Å². The molecule has 0 spiro atoms. The van der Waals surface area contributed by atoms with Gasteiger partial charge in [0.25, 0.3) is 11.6 Å². The molecule has 2 aromatic rings. The number of rotatable bonds is 2. The van der Waals surface area contributed by atoms with Gasteiger partial charge in [0.2, 0.25) is 0 Å². The van der Waals surface area contributed by atoms with E-state index < -0.39 is 41.4 Å². The molecule has 4 unspecified atom stereocenters. The van der Waals surface area contributed by atoms with Gasteiger partial charge < -0.3 is 25.0 Å². The molecular weight excluding hydrogens is 466 g/mol. The number of aliphatic hydroxyl groups excluding tert-OH is 3. The van der Waals surface area contributed by atoms with Gasteiger partial charge in [-0.05, 0) is 4.98 Å². The van der Waals surface area contributed by atoms with Gasteiger partial charge in [0.1, 0.15) is 24.5 Å². The Kier molecular flexibility index (Phi) is 6.16. The molecular formula is C17H23ClN7O8+. The van der Waals surface area contributed by atoms with Crippen molar-refractivity contribution in [3.05, 3.63) is 29.6 Å². The van der Waals surface area contributed by atoms with Gasteiger partial charge >= 0.3 is 28.9 Å². The van der Waals surface area contributed by atoms with Crippen molar-refractivity contribution in [1.82, 2.24) is 19.4 Å². The fourth-order valence-electron chi connectivity index (χ4n) is 3.67.